The average Bonchev–Trinajstić information content (AvgIpc) is 2.88. The second-order valence-corrected chi connectivity index (χ2v) is 10.4. The average molecular weight is 552 g/mol. The van der Waals surface area contributed by atoms with Crippen molar-refractivity contribution in [1.82, 2.24) is 15.0 Å². The van der Waals surface area contributed by atoms with E-state index >= 15 is 0 Å². The van der Waals surface area contributed by atoms with Crippen LogP contribution in [0.4, 0.5) is 13.6 Å². The number of nitrogens with one attached hydrogen (secondary N) is 2. The number of aromatic nitrogens is 1. The van der Waals surface area contributed by atoms with E-state index in [9.17, 15) is 22.0 Å². The van der Waals surface area contributed by atoms with E-state index < -0.39 is 33.7 Å². The Morgan fingerprint density at radius 3 is 2.33 bits per heavy atom. The van der Waals surface area contributed by atoms with Crippen molar-refractivity contribution < 1.29 is 26.7 Å². The van der Waals surface area contributed by atoms with Crippen LogP contribution in [-0.4, -0.2) is 26.0 Å². The highest BCUT2D eigenvalue weighted by Crippen LogP contribution is 2.30. The maximum Gasteiger partial charge on any atom is 0.329 e. The van der Waals surface area contributed by atoms with E-state index in [4.69, 9.17) is 4.74 Å². The number of urea groups is 1. The van der Waals surface area contributed by atoms with Crippen LogP contribution in [-0.2, 0) is 16.4 Å². The largest absolute Gasteiger partial charge is 0.494 e. The Kier molecular flexibility index (Phi) is 8.55. The van der Waals surface area contributed by atoms with Gasteiger partial charge in [0.1, 0.15) is 17.4 Å². The summed E-state index contributed by atoms with van der Waals surface area (Å²) in [7, 11) is -4.19. The van der Waals surface area contributed by atoms with Crippen molar-refractivity contribution in [3.05, 3.63) is 114 Å². The number of aryl methyl sites for hydroxylation is 1. The maximum absolute atomic E-state index is 14.0. The number of ether oxygens (including phenoxy) is 1. The van der Waals surface area contributed by atoms with Gasteiger partial charge in [-0.3, -0.25) is 4.98 Å². The third kappa shape index (κ3) is 6.97. The number of carbonyl (C=O) groups excluding carboxylic acids is 1. The lowest BCUT2D eigenvalue weighted by Crippen LogP contribution is -2.42. The molecule has 1 atom stereocenters. The molecule has 0 spiro atoms. The maximum atomic E-state index is 14.0. The van der Waals surface area contributed by atoms with E-state index in [0.29, 0.717) is 29.2 Å². The Hall–Kier alpha value is -4.31. The van der Waals surface area contributed by atoms with Gasteiger partial charge in [-0.25, -0.2) is 26.7 Å². The Balaban J connectivity index is 1.69. The summed E-state index contributed by atoms with van der Waals surface area (Å²) >= 11 is 0. The van der Waals surface area contributed by atoms with E-state index in [1.807, 2.05) is 23.8 Å². The molecule has 4 aromatic rings. The molecule has 10 heteroatoms. The van der Waals surface area contributed by atoms with Gasteiger partial charge >= 0.3 is 6.03 Å². The Bertz CT molecular complexity index is 1560. The molecule has 0 saturated carbocycles. The first-order valence-corrected chi connectivity index (χ1v) is 13.7. The van der Waals surface area contributed by atoms with E-state index in [2.05, 4.69) is 10.3 Å². The highest BCUT2D eigenvalue weighted by Gasteiger charge is 2.25. The van der Waals surface area contributed by atoms with Crippen molar-refractivity contribution in [2.24, 2.45) is 0 Å². The molecule has 0 radical (unpaired) electrons. The van der Waals surface area contributed by atoms with Crippen molar-refractivity contribution in [3.8, 4) is 16.9 Å². The summed E-state index contributed by atoms with van der Waals surface area (Å²) < 4.78 is 61.3. The van der Waals surface area contributed by atoms with Crippen LogP contribution in [0.25, 0.3) is 11.1 Å². The molecule has 0 aliphatic heterocycles. The third-order valence-corrected chi connectivity index (χ3v) is 7.41. The monoisotopic (exact) mass is 551 g/mol. The van der Waals surface area contributed by atoms with Crippen LogP contribution in [0.1, 0.15) is 29.8 Å². The molecule has 3 aromatic carbocycles. The zero-order valence-electron chi connectivity index (χ0n) is 21.3. The molecular weight excluding hydrogens is 524 g/mol. The van der Waals surface area contributed by atoms with Gasteiger partial charge in [0.05, 0.1) is 23.2 Å². The van der Waals surface area contributed by atoms with Crippen LogP contribution in [0.2, 0.25) is 0 Å². The molecule has 202 valence electrons. The molecule has 39 heavy (non-hydrogen) atoms. The van der Waals surface area contributed by atoms with Crippen LogP contribution in [0, 0.1) is 18.6 Å². The zero-order chi connectivity index (χ0) is 28.0. The SMILES string of the molecule is CCOc1ccc(-c2cccnc2[C@H](Cc2cc(F)cc(F)c2)NC(=O)NS(=O)(=O)c2ccccc2C)cc1. The van der Waals surface area contributed by atoms with Gasteiger partial charge in [-0.05, 0) is 73.4 Å². The Morgan fingerprint density at radius 2 is 1.67 bits per heavy atom. The molecule has 4 rings (SSSR count). The third-order valence-electron chi connectivity index (χ3n) is 5.92. The van der Waals surface area contributed by atoms with Crippen LogP contribution >= 0.6 is 0 Å². The number of carbonyl (C=O) groups is 1. The highest BCUT2D eigenvalue weighted by molar-refractivity contribution is 7.90. The van der Waals surface area contributed by atoms with Gasteiger partial charge in [0.2, 0.25) is 0 Å². The molecule has 1 heterocycles. The minimum Gasteiger partial charge on any atom is -0.494 e. The molecule has 0 aliphatic carbocycles. The number of hydrogen-bond donors (Lipinski definition) is 2. The number of benzene rings is 3. The normalized spacial score (nSPS) is 12.0. The minimum absolute atomic E-state index is 0.0446. The van der Waals surface area contributed by atoms with Gasteiger partial charge in [-0.2, -0.15) is 0 Å². The predicted octanol–water partition coefficient (Wildman–Crippen LogP) is 5.71. The van der Waals surface area contributed by atoms with Crippen molar-refractivity contribution in [2.45, 2.75) is 31.2 Å². The summed E-state index contributed by atoms with van der Waals surface area (Å²) in [5, 5.41) is 2.65. The lowest BCUT2D eigenvalue weighted by molar-refractivity contribution is 0.242. The van der Waals surface area contributed by atoms with E-state index in [-0.39, 0.29) is 16.9 Å². The molecule has 1 aromatic heterocycles. The number of amides is 2. The highest BCUT2D eigenvalue weighted by atomic mass is 32.2. The Labute approximate surface area is 225 Å². The number of pyridine rings is 1. The first-order chi connectivity index (χ1) is 18.7. The Morgan fingerprint density at radius 1 is 0.974 bits per heavy atom. The summed E-state index contributed by atoms with van der Waals surface area (Å²) in [4.78, 5) is 17.4. The van der Waals surface area contributed by atoms with Crippen molar-refractivity contribution >= 4 is 16.1 Å². The number of sulfonamides is 1. The van der Waals surface area contributed by atoms with Gasteiger partial charge in [-0.1, -0.05) is 36.4 Å². The quantitative estimate of drug-likeness (QED) is 0.278. The minimum atomic E-state index is -4.19. The molecule has 0 saturated heterocycles. The lowest BCUT2D eigenvalue weighted by Gasteiger charge is -2.22. The van der Waals surface area contributed by atoms with Crippen LogP contribution in [0.5, 0.6) is 5.75 Å². The molecule has 0 unspecified atom stereocenters. The van der Waals surface area contributed by atoms with Crippen LogP contribution in [0.3, 0.4) is 0 Å². The van der Waals surface area contributed by atoms with Gasteiger partial charge in [-0.15, -0.1) is 0 Å². The summed E-state index contributed by atoms with van der Waals surface area (Å²) in [5.41, 5.74) is 2.50. The second-order valence-electron chi connectivity index (χ2n) is 8.77. The standard InChI is InChI=1S/C29H27F2N3O4S/c1-3-38-24-12-10-21(11-13-24)25-8-6-14-32-28(25)26(17-20-15-22(30)18-23(31)16-20)33-29(35)34-39(36,37)27-9-5-4-7-19(27)2/h4-16,18,26H,3,17H2,1-2H3,(H2,33,34,35)/t26-/m0/s1. The number of rotatable bonds is 9. The first kappa shape index (κ1) is 27.7. The molecular formula is C29H27F2N3O4S. The zero-order valence-corrected chi connectivity index (χ0v) is 22.1. The van der Waals surface area contributed by atoms with Crippen LogP contribution in [0.15, 0.2) is 90.0 Å². The molecule has 0 fully saturated rings. The molecule has 0 bridgehead atoms. The van der Waals surface area contributed by atoms with E-state index in [0.717, 1.165) is 23.8 Å². The first-order valence-electron chi connectivity index (χ1n) is 12.2. The lowest BCUT2D eigenvalue weighted by atomic mass is 9.95. The fourth-order valence-electron chi connectivity index (χ4n) is 4.24. The fourth-order valence-corrected chi connectivity index (χ4v) is 5.40. The fraction of sp³-hybridized carbons (Fsp3) is 0.172. The number of nitrogens with zero attached hydrogens (tertiary/aromatic N) is 1. The summed E-state index contributed by atoms with van der Waals surface area (Å²) in [6.07, 6.45) is 1.46. The van der Waals surface area contributed by atoms with E-state index in [1.165, 1.54) is 12.3 Å². The topological polar surface area (TPSA) is 97.4 Å². The van der Waals surface area contributed by atoms with Crippen molar-refractivity contribution in [2.75, 3.05) is 6.61 Å². The van der Waals surface area contributed by atoms with Crippen LogP contribution < -0.4 is 14.8 Å². The summed E-state index contributed by atoms with van der Waals surface area (Å²) in [5.74, 6) is -0.872. The van der Waals surface area contributed by atoms with Crippen molar-refractivity contribution in [3.63, 3.8) is 0 Å². The van der Waals surface area contributed by atoms with Gasteiger partial charge in [0.25, 0.3) is 10.0 Å². The molecule has 2 amide bonds. The van der Waals surface area contributed by atoms with E-state index in [1.54, 1.807) is 49.4 Å². The summed E-state index contributed by atoms with van der Waals surface area (Å²) in [6.45, 7) is 4.00. The van der Waals surface area contributed by atoms with Crippen molar-refractivity contribution in [1.29, 1.82) is 0 Å². The summed E-state index contributed by atoms with van der Waals surface area (Å²) in [6, 6.07) is 18.1. The number of halogens is 2. The predicted molar refractivity (Wildman–Crippen MR) is 144 cm³/mol. The van der Waals surface area contributed by atoms with Gasteiger partial charge in [0, 0.05) is 17.8 Å². The van der Waals surface area contributed by atoms with Gasteiger partial charge in [0.15, 0.2) is 0 Å². The molecule has 0 aliphatic rings. The molecule has 7 nitrogen and oxygen atoms in total. The second kappa shape index (κ2) is 12.0. The molecule has 2 N–H and O–H groups in total. The van der Waals surface area contributed by atoms with Gasteiger partial charge < -0.3 is 10.1 Å². The number of hydrogen-bond acceptors (Lipinski definition) is 5. The smallest absolute Gasteiger partial charge is 0.329 e.